The van der Waals surface area contributed by atoms with Gasteiger partial charge < -0.3 is 9.30 Å². The number of benzene rings is 2. The summed E-state index contributed by atoms with van der Waals surface area (Å²) in [6, 6.07) is 6.92. The number of hydrogen-bond donors (Lipinski definition) is 0. The minimum absolute atomic E-state index is 0.000654. The van der Waals surface area contributed by atoms with Crippen molar-refractivity contribution < 1.29 is 26.3 Å². The van der Waals surface area contributed by atoms with E-state index in [-0.39, 0.29) is 22.3 Å². The maximum Gasteiger partial charge on any atom is 0.243 e. The molecule has 5 rings (SSSR count). The van der Waals surface area contributed by atoms with Gasteiger partial charge in [0.2, 0.25) is 10.0 Å². The number of aromatic nitrogens is 2. The SMILES string of the molecule is C[C@@H]1CCCN(S(=O)(=O)c2ccc3c(c2)nc(SCc2cc(F)c(F)c(F)c2)n3C[C@@H]2CCCO2)C1. The van der Waals surface area contributed by atoms with Crippen LogP contribution in [0.4, 0.5) is 13.2 Å². The second kappa shape index (κ2) is 10.4. The molecule has 3 aromatic rings. The largest absolute Gasteiger partial charge is 0.376 e. The third kappa shape index (κ3) is 5.16. The molecule has 1 aromatic heterocycles. The summed E-state index contributed by atoms with van der Waals surface area (Å²) >= 11 is 1.25. The van der Waals surface area contributed by atoms with E-state index in [1.807, 2.05) is 4.57 Å². The maximum atomic E-state index is 13.7. The van der Waals surface area contributed by atoms with Crippen LogP contribution in [0.1, 0.15) is 38.2 Å². The van der Waals surface area contributed by atoms with E-state index in [1.165, 1.54) is 11.8 Å². The van der Waals surface area contributed by atoms with E-state index in [4.69, 9.17) is 9.72 Å². The van der Waals surface area contributed by atoms with Gasteiger partial charge in [0.15, 0.2) is 22.6 Å². The Morgan fingerprint density at radius 1 is 1.11 bits per heavy atom. The first-order valence-electron chi connectivity index (χ1n) is 12.1. The van der Waals surface area contributed by atoms with E-state index in [9.17, 15) is 21.6 Å². The van der Waals surface area contributed by atoms with Gasteiger partial charge in [0, 0.05) is 25.4 Å². The molecule has 0 aliphatic carbocycles. The molecule has 11 heteroatoms. The summed E-state index contributed by atoms with van der Waals surface area (Å²) in [6.07, 6.45) is 3.72. The fourth-order valence-corrected chi connectivity index (χ4v) is 7.45. The standard InChI is InChI=1S/C25H28F3N3O3S2/c1-16-4-2-8-30(13-16)36(32,33)19-6-7-23-22(12-19)29-25(31(23)14-18-5-3-9-34-18)35-15-17-10-20(26)24(28)21(27)11-17/h6-7,10-12,16,18H,2-5,8-9,13-15H2,1H3/t16-,18+/m1/s1. The van der Waals surface area contributed by atoms with Gasteiger partial charge in [-0.25, -0.2) is 26.6 Å². The molecule has 0 unspecified atom stereocenters. The Morgan fingerprint density at radius 2 is 1.89 bits per heavy atom. The molecular formula is C25H28F3N3O3S2. The van der Waals surface area contributed by atoms with Crippen LogP contribution in [0.15, 0.2) is 40.4 Å². The lowest BCUT2D eigenvalue weighted by atomic mass is 10.0. The van der Waals surface area contributed by atoms with Crippen LogP contribution >= 0.6 is 11.8 Å². The molecule has 0 saturated carbocycles. The monoisotopic (exact) mass is 539 g/mol. The Kier molecular flexibility index (Phi) is 7.35. The fraction of sp³-hybridized carbons (Fsp3) is 0.480. The number of sulfonamides is 1. The number of imidazole rings is 1. The molecule has 0 N–H and O–H groups in total. The van der Waals surface area contributed by atoms with Crippen molar-refractivity contribution in [3.63, 3.8) is 0 Å². The van der Waals surface area contributed by atoms with Crippen molar-refractivity contribution in [3.8, 4) is 0 Å². The second-order valence-corrected chi connectivity index (χ2v) is 12.4. The smallest absolute Gasteiger partial charge is 0.243 e. The van der Waals surface area contributed by atoms with E-state index >= 15 is 0 Å². The van der Waals surface area contributed by atoms with E-state index in [0.29, 0.717) is 42.8 Å². The lowest BCUT2D eigenvalue weighted by Gasteiger charge is -2.30. The molecule has 2 aromatic carbocycles. The highest BCUT2D eigenvalue weighted by Gasteiger charge is 2.29. The number of ether oxygens (including phenoxy) is 1. The Balaban J connectivity index is 1.47. The van der Waals surface area contributed by atoms with Gasteiger partial charge in [-0.15, -0.1) is 0 Å². The molecule has 36 heavy (non-hydrogen) atoms. The predicted molar refractivity (Wildman–Crippen MR) is 132 cm³/mol. The van der Waals surface area contributed by atoms with Gasteiger partial charge in [0.25, 0.3) is 0 Å². The van der Waals surface area contributed by atoms with Crippen molar-refractivity contribution in [2.45, 2.75) is 61.1 Å². The second-order valence-electron chi connectivity index (χ2n) is 9.56. The predicted octanol–water partition coefficient (Wildman–Crippen LogP) is 5.35. The van der Waals surface area contributed by atoms with Crippen molar-refractivity contribution in [2.75, 3.05) is 19.7 Å². The van der Waals surface area contributed by atoms with Crippen molar-refractivity contribution in [1.82, 2.24) is 13.9 Å². The van der Waals surface area contributed by atoms with Gasteiger partial charge in [-0.2, -0.15) is 4.31 Å². The van der Waals surface area contributed by atoms with Crippen molar-refractivity contribution in [3.05, 3.63) is 53.3 Å². The van der Waals surface area contributed by atoms with Crippen LogP contribution in [0.2, 0.25) is 0 Å². The summed E-state index contributed by atoms with van der Waals surface area (Å²) in [4.78, 5) is 4.89. The summed E-state index contributed by atoms with van der Waals surface area (Å²) in [7, 11) is -3.65. The first-order valence-corrected chi connectivity index (χ1v) is 14.5. The highest BCUT2D eigenvalue weighted by atomic mass is 32.2. The van der Waals surface area contributed by atoms with Crippen LogP contribution in [0.3, 0.4) is 0 Å². The van der Waals surface area contributed by atoms with Crippen LogP contribution < -0.4 is 0 Å². The Hall–Kier alpha value is -2.08. The van der Waals surface area contributed by atoms with Gasteiger partial charge >= 0.3 is 0 Å². The van der Waals surface area contributed by atoms with E-state index in [0.717, 1.165) is 43.3 Å². The van der Waals surface area contributed by atoms with Gasteiger partial charge in [-0.1, -0.05) is 18.7 Å². The molecule has 0 bridgehead atoms. The van der Waals surface area contributed by atoms with E-state index in [2.05, 4.69) is 6.92 Å². The molecule has 2 aliphatic rings. The number of hydrogen-bond acceptors (Lipinski definition) is 5. The zero-order chi connectivity index (χ0) is 25.4. The van der Waals surface area contributed by atoms with Crippen molar-refractivity contribution in [2.24, 2.45) is 5.92 Å². The van der Waals surface area contributed by atoms with Gasteiger partial charge in [-0.05, 0) is 67.5 Å². The van der Waals surface area contributed by atoms with Crippen LogP contribution in [0.25, 0.3) is 11.0 Å². The van der Waals surface area contributed by atoms with Crippen LogP contribution in [0.5, 0.6) is 0 Å². The topological polar surface area (TPSA) is 64.4 Å². The average molecular weight is 540 g/mol. The van der Waals surface area contributed by atoms with Gasteiger partial charge in [0.05, 0.1) is 28.6 Å². The van der Waals surface area contributed by atoms with E-state index in [1.54, 1.807) is 22.5 Å². The molecule has 0 amide bonds. The Labute approximate surface area is 212 Å². The molecule has 2 aliphatic heterocycles. The van der Waals surface area contributed by atoms with Crippen molar-refractivity contribution in [1.29, 1.82) is 0 Å². The number of rotatable bonds is 7. The normalized spacial score (nSPS) is 21.4. The minimum atomic E-state index is -3.65. The zero-order valence-corrected chi connectivity index (χ0v) is 21.6. The average Bonchev–Trinajstić information content (AvgIpc) is 3.49. The summed E-state index contributed by atoms with van der Waals surface area (Å²) < 4.78 is 76.7. The summed E-state index contributed by atoms with van der Waals surface area (Å²) in [5.74, 6) is -3.49. The molecule has 0 radical (unpaired) electrons. The first kappa shape index (κ1) is 25.6. The van der Waals surface area contributed by atoms with Gasteiger partial charge in [-0.3, -0.25) is 0 Å². The highest BCUT2D eigenvalue weighted by molar-refractivity contribution is 7.98. The molecule has 2 atom stereocenters. The molecule has 0 spiro atoms. The molecule has 2 saturated heterocycles. The molecule has 6 nitrogen and oxygen atoms in total. The third-order valence-electron chi connectivity index (χ3n) is 6.76. The highest BCUT2D eigenvalue weighted by Crippen LogP contribution is 2.32. The summed E-state index contributed by atoms with van der Waals surface area (Å²) in [6.45, 7) is 4.27. The third-order valence-corrected chi connectivity index (χ3v) is 9.67. The number of piperidine rings is 1. The molecular weight excluding hydrogens is 511 g/mol. The van der Waals surface area contributed by atoms with Crippen LogP contribution in [-0.4, -0.2) is 48.1 Å². The molecule has 3 heterocycles. The number of nitrogens with zero attached hydrogens (tertiary/aromatic N) is 3. The Bertz CT molecular complexity index is 1350. The maximum absolute atomic E-state index is 13.7. The van der Waals surface area contributed by atoms with E-state index < -0.39 is 27.5 Å². The first-order chi connectivity index (χ1) is 17.2. The van der Waals surface area contributed by atoms with Crippen LogP contribution in [-0.2, 0) is 27.1 Å². The number of fused-ring (bicyclic) bond motifs is 1. The zero-order valence-electron chi connectivity index (χ0n) is 19.9. The van der Waals surface area contributed by atoms with Crippen molar-refractivity contribution >= 4 is 32.8 Å². The quantitative estimate of drug-likeness (QED) is 0.299. The minimum Gasteiger partial charge on any atom is -0.376 e. The summed E-state index contributed by atoms with van der Waals surface area (Å²) in [5.41, 5.74) is 1.57. The van der Waals surface area contributed by atoms with Crippen LogP contribution in [0, 0.1) is 23.4 Å². The number of thioether (sulfide) groups is 1. The molecule has 2 fully saturated rings. The number of halogens is 3. The summed E-state index contributed by atoms with van der Waals surface area (Å²) in [5, 5.41) is 0.576. The van der Waals surface area contributed by atoms with Gasteiger partial charge in [0.1, 0.15) is 0 Å². The lowest BCUT2D eigenvalue weighted by molar-refractivity contribution is 0.0960. The Morgan fingerprint density at radius 3 is 2.58 bits per heavy atom. The lowest BCUT2D eigenvalue weighted by Crippen LogP contribution is -2.39. The molecule has 194 valence electrons. The fourth-order valence-electron chi connectivity index (χ4n) is 4.88.